The Balaban J connectivity index is 0.00000220. The summed E-state index contributed by atoms with van der Waals surface area (Å²) in [6.45, 7) is 6.29. The molecule has 3 N–H and O–H groups in total. The van der Waals surface area contributed by atoms with Gasteiger partial charge < -0.3 is 11.1 Å². The van der Waals surface area contributed by atoms with E-state index in [0.717, 1.165) is 18.5 Å². The third-order valence-electron chi connectivity index (χ3n) is 3.64. The summed E-state index contributed by atoms with van der Waals surface area (Å²) >= 11 is 0. The van der Waals surface area contributed by atoms with Crippen LogP contribution in [0.5, 0.6) is 0 Å². The number of fused-ring (bicyclic) bond motifs is 1. The van der Waals surface area contributed by atoms with Gasteiger partial charge in [-0.05, 0) is 25.8 Å². The van der Waals surface area contributed by atoms with Crippen LogP contribution in [0.3, 0.4) is 0 Å². The molecule has 0 aliphatic heterocycles. The summed E-state index contributed by atoms with van der Waals surface area (Å²) in [5, 5.41) is 6.95. The first-order valence-corrected chi connectivity index (χ1v) is 6.74. The van der Waals surface area contributed by atoms with E-state index in [1.807, 2.05) is 26.8 Å². The van der Waals surface area contributed by atoms with Crippen molar-refractivity contribution in [1.29, 1.82) is 0 Å². The molecule has 2 rings (SSSR count). The molecule has 0 atom stereocenters. The maximum Gasteiger partial charge on any atom is 0.291 e. The van der Waals surface area contributed by atoms with Gasteiger partial charge in [-0.2, -0.15) is 4.98 Å². The van der Waals surface area contributed by atoms with E-state index < -0.39 is 0 Å². The van der Waals surface area contributed by atoms with Crippen LogP contribution in [0.15, 0.2) is 12.3 Å². The summed E-state index contributed by atoms with van der Waals surface area (Å²) in [7, 11) is 0. The first kappa shape index (κ1) is 20.6. The molecule has 2 aromatic rings. The summed E-state index contributed by atoms with van der Waals surface area (Å²) in [4.78, 5) is 20.3. The fourth-order valence-corrected chi connectivity index (χ4v) is 1.84. The fourth-order valence-electron chi connectivity index (χ4n) is 1.84. The average molecular weight is 349 g/mol. The third-order valence-corrected chi connectivity index (χ3v) is 3.64. The summed E-state index contributed by atoms with van der Waals surface area (Å²) in [6.07, 6.45) is 3.23. The lowest BCUT2D eigenvalue weighted by Gasteiger charge is -2.26. The molecule has 0 saturated carbocycles. The largest absolute Gasteiger partial charge is 0.347 e. The summed E-state index contributed by atoms with van der Waals surface area (Å²) < 4.78 is 1.55. The maximum atomic E-state index is 12.1. The molecule has 0 bridgehead atoms. The number of rotatable bonds is 5. The molecule has 22 heavy (non-hydrogen) atoms. The lowest BCUT2D eigenvalue weighted by atomic mass is 9.94. The van der Waals surface area contributed by atoms with Gasteiger partial charge in [0.2, 0.25) is 5.82 Å². The van der Waals surface area contributed by atoms with E-state index in [4.69, 9.17) is 5.73 Å². The van der Waals surface area contributed by atoms with Crippen LogP contribution < -0.4 is 11.1 Å². The minimum Gasteiger partial charge on any atom is -0.347 e. The van der Waals surface area contributed by atoms with Crippen LogP contribution in [0.4, 0.5) is 0 Å². The second-order valence-corrected chi connectivity index (χ2v) is 4.99. The highest BCUT2D eigenvalue weighted by Crippen LogP contribution is 2.09. The highest BCUT2D eigenvalue weighted by Gasteiger charge is 2.22. The van der Waals surface area contributed by atoms with E-state index in [9.17, 15) is 4.79 Å². The van der Waals surface area contributed by atoms with Crippen LogP contribution in [0.1, 0.15) is 43.0 Å². The fraction of sp³-hybridized carbons (Fsp3) is 0.538. The predicted octanol–water partition coefficient (Wildman–Crippen LogP) is 1.52. The van der Waals surface area contributed by atoms with Crippen molar-refractivity contribution in [2.75, 3.05) is 6.54 Å². The minimum absolute atomic E-state index is 0. The number of aromatic nitrogens is 4. The molecule has 0 fully saturated rings. The zero-order chi connectivity index (χ0) is 14.8. The van der Waals surface area contributed by atoms with Gasteiger partial charge in [-0.25, -0.2) is 9.50 Å². The lowest BCUT2D eigenvalue weighted by Crippen LogP contribution is -2.49. The Labute approximate surface area is 141 Å². The molecule has 0 unspecified atom stereocenters. The Kier molecular flexibility index (Phi) is 7.72. The van der Waals surface area contributed by atoms with E-state index in [2.05, 4.69) is 20.4 Å². The Hall–Kier alpha value is -1.44. The standard InChI is InChI=1S/C13H20N6O.2ClH/c1-4-13(14,5-2)8-16-11(20)10-17-12-15-7-6-9(3)19(12)18-10;;/h6-7H,4-5,8,14H2,1-3H3,(H,16,20);2*1H. The zero-order valence-corrected chi connectivity index (χ0v) is 14.5. The summed E-state index contributed by atoms with van der Waals surface area (Å²) in [5.41, 5.74) is 6.64. The molecular weight excluding hydrogens is 327 g/mol. The highest BCUT2D eigenvalue weighted by atomic mass is 35.5. The lowest BCUT2D eigenvalue weighted by molar-refractivity contribution is 0.0932. The van der Waals surface area contributed by atoms with Gasteiger partial charge in [0, 0.05) is 24.0 Å². The van der Waals surface area contributed by atoms with Crippen LogP contribution in [0.25, 0.3) is 5.78 Å². The van der Waals surface area contributed by atoms with Crippen molar-refractivity contribution in [2.45, 2.75) is 39.2 Å². The number of nitrogens with one attached hydrogen (secondary N) is 1. The van der Waals surface area contributed by atoms with Gasteiger partial charge in [-0.1, -0.05) is 13.8 Å². The number of halogens is 2. The van der Waals surface area contributed by atoms with Crippen molar-refractivity contribution < 1.29 is 4.79 Å². The first-order valence-electron chi connectivity index (χ1n) is 6.74. The SMILES string of the molecule is CCC(N)(CC)CNC(=O)c1nc2nccc(C)n2n1.Cl.Cl. The number of nitrogens with zero attached hydrogens (tertiary/aromatic N) is 4. The predicted molar refractivity (Wildman–Crippen MR) is 89.8 cm³/mol. The van der Waals surface area contributed by atoms with Crippen LogP contribution in [-0.4, -0.2) is 37.6 Å². The highest BCUT2D eigenvalue weighted by molar-refractivity contribution is 5.90. The molecule has 0 spiro atoms. The van der Waals surface area contributed by atoms with Gasteiger partial charge in [0.1, 0.15) is 0 Å². The quantitative estimate of drug-likeness (QED) is 0.853. The Bertz CT molecular complexity index is 626. The van der Waals surface area contributed by atoms with Gasteiger partial charge in [-0.15, -0.1) is 29.9 Å². The monoisotopic (exact) mass is 348 g/mol. The minimum atomic E-state index is -0.386. The molecule has 9 heteroatoms. The number of nitrogens with two attached hydrogens (primary N) is 1. The molecule has 1 amide bonds. The molecule has 0 aromatic carbocycles. The number of hydrogen-bond donors (Lipinski definition) is 2. The Morgan fingerprint density at radius 1 is 1.36 bits per heavy atom. The zero-order valence-electron chi connectivity index (χ0n) is 12.9. The number of carbonyl (C=O) groups excluding carboxylic acids is 1. The third kappa shape index (κ3) is 4.28. The average Bonchev–Trinajstić information content (AvgIpc) is 2.90. The Morgan fingerprint density at radius 3 is 2.55 bits per heavy atom. The van der Waals surface area contributed by atoms with E-state index in [1.165, 1.54) is 0 Å². The topological polar surface area (TPSA) is 98.2 Å². The number of aryl methyl sites for hydroxylation is 1. The van der Waals surface area contributed by atoms with E-state index >= 15 is 0 Å². The molecule has 0 aliphatic carbocycles. The molecule has 0 radical (unpaired) electrons. The van der Waals surface area contributed by atoms with Crippen molar-refractivity contribution in [1.82, 2.24) is 24.9 Å². The molecule has 0 aliphatic rings. The maximum absolute atomic E-state index is 12.1. The summed E-state index contributed by atoms with van der Waals surface area (Å²) in [6, 6.07) is 1.81. The molecular formula is C13H22Cl2N6O. The van der Waals surface area contributed by atoms with Crippen molar-refractivity contribution in [3.63, 3.8) is 0 Å². The van der Waals surface area contributed by atoms with Crippen LogP contribution in [0, 0.1) is 6.92 Å². The molecule has 124 valence electrons. The summed E-state index contributed by atoms with van der Waals surface area (Å²) in [5.74, 6) is 0.202. The van der Waals surface area contributed by atoms with Crippen LogP contribution >= 0.6 is 24.8 Å². The van der Waals surface area contributed by atoms with Crippen molar-refractivity contribution in [2.24, 2.45) is 5.73 Å². The Morgan fingerprint density at radius 2 is 2.00 bits per heavy atom. The van der Waals surface area contributed by atoms with Gasteiger partial charge >= 0.3 is 0 Å². The van der Waals surface area contributed by atoms with Crippen molar-refractivity contribution in [3.05, 3.63) is 23.8 Å². The van der Waals surface area contributed by atoms with Crippen LogP contribution in [-0.2, 0) is 0 Å². The molecule has 2 heterocycles. The van der Waals surface area contributed by atoms with Gasteiger partial charge in [-0.3, -0.25) is 4.79 Å². The van der Waals surface area contributed by atoms with Gasteiger partial charge in [0.15, 0.2) is 0 Å². The molecule has 7 nitrogen and oxygen atoms in total. The number of hydrogen-bond acceptors (Lipinski definition) is 5. The normalized spacial score (nSPS) is 10.7. The van der Waals surface area contributed by atoms with Crippen LogP contribution in [0.2, 0.25) is 0 Å². The van der Waals surface area contributed by atoms with E-state index in [-0.39, 0.29) is 42.1 Å². The van der Waals surface area contributed by atoms with Crippen molar-refractivity contribution >= 4 is 36.5 Å². The molecule has 0 saturated heterocycles. The number of carbonyl (C=O) groups is 1. The molecule has 2 aromatic heterocycles. The second kappa shape index (κ2) is 8.26. The first-order chi connectivity index (χ1) is 9.49. The van der Waals surface area contributed by atoms with E-state index in [1.54, 1.807) is 10.7 Å². The smallest absolute Gasteiger partial charge is 0.291 e. The number of amides is 1. The second-order valence-electron chi connectivity index (χ2n) is 4.99. The van der Waals surface area contributed by atoms with Crippen molar-refractivity contribution in [3.8, 4) is 0 Å². The van der Waals surface area contributed by atoms with Gasteiger partial charge in [0.25, 0.3) is 11.7 Å². The van der Waals surface area contributed by atoms with E-state index in [0.29, 0.717) is 12.3 Å². The van der Waals surface area contributed by atoms with Gasteiger partial charge in [0.05, 0.1) is 0 Å².